The monoisotopic (exact) mass is 469 g/mol. The Bertz CT molecular complexity index is 532. The summed E-state index contributed by atoms with van der Waals surface area (Å²) in [4.78, 5) is 40.8. The van der Waals surface area contributed by atoms with Crippen molar-refractivity contribution in [2.24, 2.45) is 11.7 Å². The Hall–Kier alpha value is -1.63. The molecule has 0 bridgehead atoms. The van der Waals surface area contributed by atoms with Gasteiger partial charge in [0.25, 0.3) is 0 Å². The second-order valence-electron chi connectivity index (χ2n) is 10.2. The first-order chi connectivity index (χ1) is 15.7. The van der Waals surface area contributed by atoms with Crippen LogP contribution in [0.2, 0.25) is 0 Å². The van der Waals surface area contributed by atoms with E-state index in [1.54, 1.807) is 0 Å². The quantitative estimate of drug-likeness (QED) is 0.156. The zero-order valence-corrected chi connectivity index (χ0v) is 21.8. The molecule has 4 N–H and O–H groups in total. The lowest BCUT2D eigenvalue weighted by molar-refractivity contribution is -0.150. The highest BCUT2D eigenvalue weighted by Crippen LogP contribution is 2.15. The first kappa shape index (κ1) is 31.4. The number of rotatable bonds is 21. The van der Waals surface area contributed by atoms with E-state index in [2.05, 4.69) is 17.7 Å². The molecule has 0 heterocycles. The van der Waals surface area contributed by atoms with Gasteiger partial charge in [-0.3, -0.25) is 19.2 Å². The Morgan fingerprint density at radius 1 is 0.788 bits per heavy atom. The van der Waals surface area contributed by atoms with Crippen molar-refractivity contribution in [2.45, 2.75) is 136 Å². The minimum Gasteiger partial charge on any atom is -0.370 e. The number of hydroxylamine groups is 1. The standard InChI is InChI=1S/C26H51N3O4/c1-5-6-7-8-9-10-11-12-13-14-15-16-18-22(25(32)29-33-26(2,3)4)21-28-24(31)20-17-19-23(27)30/h22H,5-21H2,1-4H3,(H2,27,30)(H,28,31)(H,29,32). The summed E-state index contributed by atoms with van der Waals surface area (Å²) in [7, 11) is 0. The van der Waals surface area contributed by atoms with E-state index in [1.807, 2.05) is 20.8 Å². The summed E-state index contributed by atoms with van der Waals surface area (Å²) in [5, 5.41) is 2.82. The molecular weight excluding hydrogens is 418 g/mol. The largest absolute Gasteiger partial charge is 0.370 e. The van der Waals surface area contributed by atoms with E-state index in [1.165, 1.54) is 64.2 Å². The molecule has 0 aromatic rings. The van der Waals surface area contributed by atoms with E-state index in [-0.39, 0.29) is 37.1 Å². The molecule has 0 saturated heterocycles. The van der Waals surface area contributed by atoms with E-state index in [4.69, 9.17) is 10.6 Å². The lowest BCUT2D eigenvalue weighted by atomic mass is 9.99. The highest BCUT2D eigenvalue weighted by Gasteiger charge is 2.21. The molecule has 33 heavy (non-hydrogen) atoms. The van der Waals surface area contributed by atoms with Crippen LogP contribution in [0.3, 0.4) is 0 Å². The van der Waals surface area contributed by atoms with Gasteiger partial charge in [-0.1, -0.05) is 84.0 Å². The van der Waals surface area contributed by atoms with Gasteiger partial charge >= 0.3 is 0 Å². The molecule has 0 aromatic carbocycles. The summed E-state index contributed by atoms with van der Waals surface area (Å²) in [6, 6.07) is 0. The van der Waals surface area contributed by atoms with Crippen LogP contribution >= 0.6 is 0 Å². The van der Waals surface area contributed by atoms with Crippen molar-refractivity contribution in [2.75, 3.05) is 6.54 Å². The van der Waals surface area contributed by atoms with Gasteiger partial charge in [0, 0.05) is 19.4 Å². The van der Waals surface area contributed by atoms with Crippen molar-refractivity contribution in [3.8, 4) is 0 Å². The molecule has 0 radical (unpaired) electrons. The summed E-state index contributed by atoms with van der Waals surface area (Å²) in [6.45, 7) is 8.13. The average Bonchev–Trinajstić information content (AvgIpc) is 2.74. The number of hydrogen-bond donors (Lipinski definition) is 3. The third kappa shape index (κ3) is 22.0. The Labute approximate surface area is 202 Å². The Kier molecular flexibility index (Phi) is 18.8. The number of unbranched alkanes of at least 4 members (excludes halogenated alkanes) is 11. The van der Waals surface area contributed by atoms with Gasteiger partial charge in [0.05, 0.1) is 11.5 Å². The fraction of sp³-hybridized carbons (Fsp3) is 0.885. The smallest absolute Gasteiger partial charge is 0.248 e. The van der Waals surface area contributed by atoms with E-state index in [9.17, 15) is 14.4 Å². The average molecular weight is 470 g/mol. The molecule has 3 amide bonds. The van der Waals surface area contributed by atoms with Gasteiger partial charge in [-0.15, -0.1) is 0 Å². The molecule has 0 aliphatic carbocycles. The molecule has 1 atom stereocenters. The van der Waals surface area contributed by atoms with E-state index < -0.39 is 11.5 Å². The van der Waals surface area contributed by atoms with Gasteiger partial charge in [0.15, 0.2) is 0 Å². The fourth-order valence-electron chi connectivity index (χ4n) is 3.59. The first-order valence-electron chi connectivity index (χ1n) is 13.2. The molecular formula is C26H51N3O4. The SMILES string of the molecule is CCCCCCCCCCCCCCC(CNC(=O)CCCC(N)=O)C(=O)NOC(C)(C)C. The number of nitrogens with one attached hydrogen (secondary N) is 2. The zero-order chi connectivity index (χ0) is 25.0. The number of primary amides is 1. The minimum atomic E-state index is -0.478. The molecule has 0 rings (SSSR count). The van der Waals surface area contributed by atoms with Gasteiger partial charge in [-0.25, -0.2) is 5.48 Å². The lowest BCUT2D eigenvalue weighted by Gasteiger charge is -2.22. The molecule has 0 aromatic heterocycles. The minimum absolute atomic E-state index is 0.166. The molecule has 0 spiro atoms. The lowest BCUT2D eigenvalue weighted by Crippen LogP contribution is -2.41. The number of amides is 3. The molecule has 194 valence electrons. The van der Waals surface area contributed by atoms with Crippen LogP contribution in [0.1, 0.15) is 130 Å². The van der Waals surface area contributed by atoms with Crippen molar-refractivity contribution in [1.29, 1.82) is 0 Å². The molecule has 1 unspecified atom stereocenters. The Morgan fingerprint density at radius 2 is 1.30 bits per heavy atom. The van der Waals surface area contributed by atoms with Gasteiger partial charge < -0.3 is 11.1 Å². The molecule has 0 aliphatic heterocycles. The van der Waals surface area contributed by atoms with Gasteiger partial charge in [0.1, 0.15) is 0 Å². The maximum atomic E-state index is 12.6. The van der Waals surface area contributed by atoms with Crippen molar-refractivity contribution in [1.82, 2.24) is 10.8 Å². The predicted molar refractivity (Wildman–Crippen MR) is 134 cm³/mol. The number of carbonyl (C=O) groups excluding carboxylic acids is 3. The summed E-state index contributed by atoms with van der Waals surface area (Å²) in [6.07, 6.45) is 16.7. The maximum Gasteiger partial charge on any atom is 0.248 e. The van der Waals surface area contributed by atoms with E-state index >= 15 is 0 Å². The van der Waals surface area contributed by atoms with Crippen LogP contribution in [-0.4, -0.2) is 29.9 Å². The molecule has 7 heteroatoms. The summed E-state index contributed by atoms with van der Waals surface area (Å²) < 4.78 is 0. The molecule has 0 aliphatic rings. The summed E-state index contributed by atoms with van der Waals surface area (Å²) in [5.74, 6) is -1.12. The highest BCUT2D eigenvalue weighted by molar-refractivity contribution is 5.80. The second-order valence-corrected chi connectivity index (χ2v) is 10.2. The van der Waals surface area contributed by atoms with Crippen molar-refractivity contribution in [3.63, 3.8) is 0 Å². The fourth-order valence-corrected chi connectivity index (χ4v) is 3.59. The molecule has 0 fully saturated rings. The van der Waals surface area contributed by atoms with Gasteiger partial charge in [-0.05, 0) is 33.6 Å². The van der Waals surface area contributed by atoms with Crippen LogP contribution in [0, 0.1) is 5.92 Å². The van der Waals surface area contributed by atoms with Crippen molar-refractivity contribution in [3.05, 3.63) is 0 Å². The highest BCUT2D eigenvalue weighted by atomic mass is 16.7. The zero-order valence-electron chi connectivity index (χ0n) is 21.8. The van der Waals surface area contributed by atoms with Crippen molar-refractivity contribution < 1.29 is 19.2 Å². The molecule has 7 nitrogen and oxygen atoms in total. The van der Waals surface area contributed by atoms with E-state index in [0.29, 0.717) is 12.8 Å². The summed E-state index contributed by atoms with van der Waals surface area (Å²) >= 11 is 0. The summed E-state index contributed by atoms with van der Waals surface area (Å²) in [5.41, 5.74) is 7.18. The van der Waals surface area contributed by atoms with Crippen LogP contribution in [0.25, 0.3) is 0 Å². The number of hydrogen-bond acceptors (Lipinski definition) is 4. The van der Waals surface area contributed by atoms with Crippen LogP contribution in [0.4, 0.5) is 0 Å². The van der Waals surface area contributed by atoms with Gasteiger partial charge in [-0.2, -0.15) is 0 Å². The predicted octanol–water partition coefficient (Wildman–Crippen LogP) is 5.31. The third-order valence-electron chi connectivity index (χ3n) is 5.61. The topological polar surface area (TPSA) is 111 Å². The van der Waals surface area contributed by atoms with Crippen LogP contribution in [-0.2, 0) is 19.2 Å². The normalized spacial score (nSPS) is 12.4. The number of carbonyl (C=O) groups is 3. The van der Waals surface area contributed by atoms with Gasteiger partial charge in [0.2, 0.25) is 17.7 Å². The molecule has 0 saturated carbocycles. The third-order valence-corrected chi connectivity index (χ3v) is 5.61. The van der Waals surface area contributed by atoms with Crippen molar-refractivity contribution >= 4 is 17.7 Å². The van der Waals surface area contributed by atoms with Crippen LogP contribution < -0.4 is 16.5 Å². The Morgan fingerprint density at radius 3 is 1.79 bits per heavy atom. The first-order valence-corrected chi connectivity index (χ1v) is 13.2. The van der Waals surface area contributed by atoms with E-state index in [0.717, 1.165) is 12.8 Å². The number of nitrogens with two attached hydrogens (primary N) is 1. The van der Waals surface area contributed by atoms with Crippen LogP contribution in [0.15, 0.2) is 0 Å². The maximum absolute atomic E-state index is 12.6. The Balaban J connectivity index is 4.16. The van der Waals surface area contributed by atoms with Crippen LogP contribution in [0.5, 0.6) is 0 Å². The second kappa shape index (κ2) is 19.8.